The summed E-state index contributed by atoms with van der Waals surface area (Å²) in [6, 6.07) is 5.33. The smallest absolute Gasteiger partial charge is 0.237 e. The Morgan fingerprint density at radius 3 is 2.67 bits per heavy atom. The van der Waals surface area contributed by atoms with Gasteiger partial charge in [-0.1, -0.05) is 45.8 Å². The molecule has 0 aromatic carbocycles. The molecule has 30 heavy (non-hydrogen) atoms. The van der Waals surface area contributed by atoms with Gasteiger partial charge in [-0.25, -0.2) is 25.8 Å². The van der Waals surface area contributed by atoms with E-state index in [1.54, 1.807) is 37.4 Å². The van der Waals surface area contributed by atoms with Gasteiger partial charge in [0, 0.05) is 41.3 Å². The topological polar surface area (TPSA) is 89.3 Å². The van der Waals surface area contributed by atoms with Crippen molar-refractivity contribution in [3.63, 3.8) is 0 Å². The highest BCUT2D eigenvalue weighted by atomic mass is 79.9. The van der Waals surface area contributed by atoms with E-state index >= 15 is 0 Å². The minimum Gasteiger partial charge on any atom is -0.237 e. The fraction of sp³-hybridized carbons (Fsp3) is 0.350. The van der Waals surface area contributed by atoms with Gasteiger partial charge in [0.25, 0.3) is 0 Å². The number of nitrogens with zero attached hydrogens (tertiary/aromatic N) is 3. The van der Waals surface area contributed by atoms with Crippen LogP contribution in [0.4, 0.5) is 0 Å². The summed E-state index contributed by atoms with van der Waals surface area (Å²) in [6.45, 7) is 2.28. The van der Waals surface area contributed by atoms with E-state index in [-0.39, 0.29) is 6.54 Å². The van der Waals surface area contributed by atoms with Crippen molar-refractivity contribution in [1.29, 1.82) is 0 Å². The highest BCUT2D eigenvalue weighted by Crippen LogP contribution is 2.43. The molecule has 0 bridgehead atoms. The van der Waals surface area contributed by atoms with Gasteiger partial charge in [-0.3, -0.25) is 0 Å². The maximum absolute atomic E-state index is 13.9. The molecule has 160 valence electrons. The Morgan fingerprint density at radius 1 is 1.23 bits per heavy atom. The number of pyridine rings is 1. The van der Waals surface area contributed by atoms with Crippen molar-refractivity contribution < 1.29 is 16.8 Å². The van der Waals surface area contributed by atoms with Crippen LogP contribution in [0.3, 0.4) is 0 Å². The van der Waals surface area contributed by atoms with Crippen molar-refractivity contribution in [3.05, 3.63) is 65.0 Å². The lowest BCUT2D eigenvalue weighted by molar-refractivity contribution is 0.416. The molecule has 2 unspecified atom stereocenters. The quantitative estimate of drug-likeness (QED) is 0.588. The summed E-state index contributed by atoms with van der Waals surface area (Å²) in [4.78, 5) is 4.27. The third-order valence-electron chi connectivity index (χ3n) is 5.82. The molecule has 7 nitrogen and oxygen atoms in total. The molecular formula is C20H22BrN3O4S2. The van der Waals surface area contributed by atoms with Crippen LogP contribution in [0.2, 0.25) is 0 Å². The van der Waals surface area contributed by atoms with E-state index in [0.717, 1.165) is 15.4 Å². The van der Waals surface area contributed by atoms with Gasteiger partial charge >= 0.3 is 0 Å². The molecule has 2 aliphatic rings. The number of halogens is 1. The van der Waals surface area contributed by atoms with Gasteiger partial charge in [-0.05, 0) is 31.5 Å². The van der Waals surface area contributed by atoms with Crippen LogP contribution >= 0.6 is 15.9 Å². The molecule has 0 spiro atoms. The van der Waals surface area contributed by atoms with Crippen LogP contribution in [-0.2, 0) is 20.0 Å². The Balaban J connectivity index is 1.79. The van der Waals surface area contributed by atoms with E-state index in [0.29, 0.717) is 18.6 Å². The van der Waals surface area contributed by atoms with Crippen molar-refractivity contribution in [2.24, 2.45) is 5.92 Å². The second kappa shape index (κ2) is 7.44. The van der Waals surface area contributed by atoms with Crippen LogP contribution in [0.15, 0.2) is 65.0 Å². The Hall–Kier alpha value is -1.75. The number of rotatable bonds is 4. The highest BCUT2D eigenvalue weighted by Gasteiger charge is 2.48. The zero-order valence-electron chi connectivity index (χ0n) is 16.6. The van der Waals surface area contributed by atoms with Crippen molar-refractivity contribution in [3.8, 4) is 0 Å². The Bertz CT molecular complexity index is 1310. The summed E-state index contributed by atoms with van der Waals surface area (Å²) >= 11 is 3.47. The SMILES string of the molecule is CC1(S(=O)(=O)n2ccc3cccnc32)C=CC(Br)=CC1C1=CCN(S(C)(=O)=O)CC1. The van der Waals surface area contributed by atoms with E-state index < -0.39 is 30.7 Å². The number of hydrogen-bond acceptors (Lipinski definition) is 5. The van der Waals surface area contributed by atoms with Gasteiger partial charge in [0.15, 0.2) is 5.65 Å². The molecule has 1 aliphatic heterocycles. The minimum absolute atomic E-state index is 0.240. The van der Waals surface area contributed by atoms with Gasteiger partial charge in [-0.15, -0.1) is 0 Å². The molecule has 4 rings (SSSR count). The fourth-order valence-electron chi connectivity index (χ4n) is 4.05. The first kappa shape index (κ1) is 21.5. The summed E-state index contributed by atoms with van der Waals surface area (Å²) in [5.41, 5.74) is 1.30. The molecule has 0 saturated carbocycles. The van der Waals surface area contributed by atoms with Crippen LogP contribution < -0.4 is 0 Å². The summed E-state index contributed by atoms with van der Waals surface area (Å²) in [6.07, 6.45) is 11.9. The van der Waals surface area contributed by atoms with Crippen LogP contribution in [-0.4, -0.2) is 54.2 Å². The molecule has 0 radical (unpaired) electrons. The first-order chi connectivity index (χ1) is 14.0. The molecule has 0 fully saturated rings. The predicted molar refractivity (Wildman–Crippen MR) is 121 cm³/mol. The zero-order chi connectivity index (χ0) is 21.7. The standard InChI is InChI=1S/C20H22BrN3O4S2/c1-20(30(27,28)24-13-8-16-4-3-10-22-19(16)24)9-5-17(21)14-18(20)15-6-11-23(12-7-15)29(2,25)26/h3-6,8-10,13-14,18H,7,11-12H2,1-2H3. The summed E-state index contributed by atoms with van der Waals surface area (Å²) < 4.78 is 53.6. The van der Waals surface area contributed by atoms with Gasteiger partial charge in [0.05, 0.1) is 6.26 Å². The monoisotopic (exact) mass is 511 g/mol. The molecule has 2 atom stereocenters. The molecular weight excluding hydrogens is 490 g/mol. The fourth-order valence-corrected chi connectivity index (χ4v) is 7.02. The van der Waals surface area contributed by atoms with Crippen molar-refractivity contribution in [2.75, 3.05) is 19.3 Å². The second-order valence-corrected chi connectivity index (χ2v) is 12.9. The molecule has 1 aliphatic carbocycles. The first-order valence-corrected chi connectivity index (χ1v) is 13.5. The third-order valence-corrected chi connectivity index (χ3v) is 9.93. The summed E-state index contributed by atoms with van der Waals surface area (Å²) in [5.74, 6) is -0.440. The molecule has 0 N–H and O–H groups in total. The van der Waals surface area contributed by atoms with Crippen LogP contribution in [0.5, 0.6) is 0 Å². The lowest BCUT2D eigenvalue weighted by atomic mass is 9.81. The molecule has 0 saturated heterocycles. The van der Waals surface area contributed by atoms with E-state index in [4.69, 9.17) is 0 Å². The normalized spacial score (nSPS) is 25.9. The third kappa shape index (κ3) is 3.49. The first-order valence-electron chi connectivity index (χ1n) is 9.42. The number of allylic oxidation sites excluding steroid dienone is 3. The maximum atomic E-state index is 13.9. The number of fused-ring (bicyclic) bond motifs is 1. The number of sulfonamides is 1. The zero-order valence-corrected chi connectivity index (χ0v) is 19.8. The molecule has 10 heteroatoms. The lowest BCUT2D eigenvalue weighted by Crippen LogP contribution is -2.46. The Kier molecular flexibility index (Phi) is 5.32. The largest absolute Gasteiger partial charge is 0.250 e. The van der Waals surface area contributed by atoms with Crippen LogP contribution in [0, 0.1) is 5.92 Å². The van der Waals surface area contributed by atoms with Crippen LogP contribution in [0.1, 0.15) is 13.3 Å². The van der Waals surface area contributed by atoms with Gasteiger partial charge < -0.3 is 0 Å². The average Bonchev–Trinajstić information content (AvgIpc) is 3.14. The van der Waals surface area contributed by atoms with Gasteiger partial charge in [0.1, 0.15) is 4.75 Å². The lowest BCUT2D eigenvalue weighted by Gasteiger charge is -2.38. The van der Waals surface area contributed by atoms with Gasteiger partial charge in [0.2, 0.25) is 20.0 Å². The molecule has 3 heterocycles. The number of aromatic nitrogens is 2. The predicted octanol–water partition coefficient (Wildman–Crippen LogP) is 3.03. The summed E-state index contributed by atoms with van der Waals surface area (Å²) in [5, 5.41) is 0.749. The number of hydrogen-bond donors (Lipinski definition) is 0. The van der Waals surface area contributed by atoms with Crippen molar-refractivity contribution in [2.45, 2.75) is 18.1 Å². The summed E-state index contributed by atoms with van der Waals surface area (Å²) in [7, 11) is -7.17. The van der Waals surface area contributed by atoms with E-state index in [9.17, 15) is 16.8 Å². The van der Waals surface area contributed by atoms with Crippen molar-refractivity contribution in [1.82, 2.24) is 13.3 Å². The molecule has 0 amide bonds. The van der Waals surface area contributed by atoms with E-state index in [2.05, 4.69) is 20.9 Å². The Labute approximate surface area is 185 Å². The van der Waals surface area contributed by atoms with Crippen molar-refractivity contribution >= 4 is 47.0 Å². The van der Waals surface area contributed by atoms with E-state index in [1.165, 1.54) is 20.7 Å². The highest BCUT2D eigenvalue weighted by molar-refractivity contribution is 9.11. The maximum Gasteiger partial charge on any atom is 0.250 e. The van der Waals surface area contributed by atoms with Gasteiger partial charge in [-0.2, -0.15) is 4.31 Å². The van der Waals surface area contributed by atoms with E-state index in [1.807, 2.05) is 18.2 Å². The minimum atomic E-state index is -3.88. The van der Waals surface area contributed by atoms with Crippen LogP contribution in [0.25, 0.3) is 11.0 Å². The average molecular weight is 512 g/mol. The second-order valence-electron chi connectivity index (χ2n) is 7.73. The Morgan fingerprint density at radius 2 is 2.00 bits per heavy atom. The molecule has 2 aromatic rings. The molecule has 2 aromatic heterocycles.